The molecule has 0 aromatic heterocycles. The molecule has 0 amide bonds. The molecule has 100 valence electrons. The summed E-state index contributed by atoms with van der Waals surface area (Å²) < 4.78 is 0. The minimum atomic E-state index is 0.742. The van der Waals surface area contributed by atoms with Crippen LogP contribution in [-0.2, 0) is 4.79 Å². The molecule has 0 fully saturated rings. The normalized spacial score (nSPS) is 10.7. The van der Waals surface area contributed by atoms with Gasteiger partial charge in [-0.15, -0.1) is 6.58 Å². The molecule has 17 heavy (non-hydrogen) atoms. The molecule has 2 heteroatoms. The molecule has 0 N–H and O–H groups in total. The van der Waals surface area contributed by atoms with E-state index in [0.29, 0.717) is 0 Å². The predicted molar refractivity (Wildman–Crippen MR) is 75.3 cm³/mol. The van der Waals surface area contributed by atoms with Gasteiger partial charge >= 0.3 is 0 Å². The second-order valence-corrected chi connectivity index (χ2v) is 4.81. The molecule has 0 aliphatic carbocycles. The van der Waals surface area contributed by atoms with Crippen molar-refractivity contribution in [3.05, 3.63) is 12.7 Å². The van der Waals surface area contributed by atoms with E-state index in [9.17, 15) is 4.79 Å². The van der Waals surface area contributed by atoms with E-state index >= 15 is 0 Å². The molecule has 0 unspecified atom stereocenters. The Kier molecular flexibility index (Phi) is 12.9. The van der Waals surface area contributed by atoms with Gasteiger partial charge in [0.1, 0.15) is 6.29 Å². The molecule has 0 atom stereocenters. The van der Waals surface area contributed by atoms with Crippen molar-refractivity contribution in [3.8, 4) is 0 Å². The standard InChI is InChI=1S/C15H29NO/c1-3-4-10-13-16(2)14-11-8-6-5-7-9-12-15-17/h3,15H,1,4-14H2,2H3. The summed E-state index contributed by atoms with van der Waals surface area (Å²) in [4.78, 5) is 12.5. The fourth-order valence-electron chi connectivity index (χ4n) is 1.93. The lowest BCUT2D eigenvalue weighted by molar-refractivity contribution is -0.107. The summed E-state index contributed by atoms with van der Waals surface area (Å²) in [5.74, 6) is 0. The predicted octanol–water partition coefficient (Wildman–Crippen LogP) is 3.81. The van der Waals surface area contributed by atoms with Gasteiger partial charge in [0.05, 0.1) is 0 Å². The first-order valence-corrected chi connectivity index (χ1v) is 7.04. The van der Waals surface area contributed by atoms with Gasteiger partial charge in [-0.1, -0.05) is 31.8 Å². The summed E-state index contributed by atoms with van der Waals surface area (Å²) in [5.41, 5.74) is 0. The van der Waals surface area contributed by atoms with Crippen LogP contribution >= 0.6 is 0 Å². The smallest absolute Gasteiger partial charge is 0.119 e. The summed E-state index contributed by atoms with van der Waals surface area (Å²) in [6.45, 7) is 6.13. The number of unbranched alkanes of at least 4 members (excludes halogenated alkanes) is 7. The summed E-state index contributed by atoms with van der Waals surface area (Å²) in [6, 6.07) is 0. The van der Waals surface area contributed by atoms with Gasteiger partial charge in [-0.25, -0.2) is 0 Å². The number of aldehydes is 1. The summed E-state index contributed by atoms with van der Waals surface area (Å²) >= 11 is 0. The van der Waals surface area contributed by atoms with Crippen LogP contribution in [0.5, 0.6) is 0 Å². The van der Waals surface area contributed by atoms with Crippen molar-refractivity contribution in [1.29, 1.82) is 0 Å². The molecule has 0 heterocycles. The topological polar surface area (TPSA) is 20.3 Å². The molecule has 0 aromatic rings. The van der Waals surface area contributed by atoms with Gasteiger partial charge in [-0.3, -0.25) is 0 Å². The van der Waals surface area contributed by atoms with Crippen molar-refractivity contribution in [3.63, 3.8) is 0 Å². The van der Waals surface area contributed by atoms with E-state index in [2.05, 4.69) is 18.5 Å². The lowest BCUT2D eigenvalue weighted by atomic mass is 10.1. The van der Waals surface area contributed by atoms with Gasteiger partial charge < -0.3 is 9.69 Å². The Balaban J connectivity index is 3.10. The highest BCUT2D eigenvalue weighted by Crippen LogP contribution is 2.07. The molecule has 0 saturated heterocycles. The average Bonchev–Trinajstić information content (AvgIpc) is 2.33. The first kappa shape index (κ1) is 16.4. The third kappa shape index (κ3) is 13.3. The monoisotopic (exact) mass is 239 g/mol. The van der Waals surface area contributed by atoms with E-state index in [1.807, 2.05) is 6.08 Å². The zero-order valence-corrected chi connectivity index (χ0v) is 11.5. The van der Waals surface area contributed by atoms with E-state index in [0.717, 1.165) is 25.5 Å². The maximum Gasteiger partial charge on any atom is 0.119 e. The van der Waals surface area contributed by atoms with E-state index < -0.39 is 0 Å². The SMILES string of the molecule is C=CCCCN(C)CCCCCCCCC=O. The van der Waals surface area contributed by atoms with Gasteiger partial charge in [-0.05, 0) is 45.8 Å². The lowest BCUT2D eigenvalue weighted by Crippen LogP contribution is -2.20. The first-order valence-electron chi connectivity index (χ1n) is 7.04. The number of hydrogen-bond acceptors (Lipinski definition) is 2. The van der Waals surface area contributed by atoms with Crippen LogP contribution in [0.3, 0.4) is 0 Å². The third-order valence-electron chi connectivity index (χ3n) is 3.06. The minimum absolute atomic E-state index is 0.742. The Morgan fingerprint density at radius 2 is 1.47 bits per heavy atom. The Bertz CT molecular complexity index is 180. The zero-order chi connectivity index (χ0) is 12.8. The number of carbonyl (C=O) groups excluding carboxylic acids is 1. The van der Waals surface area contributed by atoms with Crippen LogP contribution in [0.4, 0.5) is 0 Å². The Morgan fingerprint density at radius 3 is 2.12 bits per heavy atom. The Labute approximate surface area is 107 Å². The van der Waals surface area contributed by atoms with E-state index in [-0.39, 0.29) is 0 Å². The summed E-state index contributed by atoms with van der Waals surface area (Å²) in [5, 5.41) is 0. The van der Waals surface area contributed by atoms with Crippen molar-refractivity contribution in [2.75, 3.05) is 20.1 Å². The molecule has 0 aliphatic heterocycles. The molecule has 2 nitrogen and oxygen atoms in total. The number of hydrogen-bond donors (Lipinski definition) is 0. The molecule has 0 rings (SSSR count). The van der Waals surface area contributed by atoms with Crippen LogP contribution in [0.2, 0.25) is 0 Å². The van der Waals surface area contributed by atoms with Crippen LogP contribution in [-0.4, -0.2) is 31.3 Å². The highest BCUT2D eigenvalue weighted by Gasteiger charge is 1.97. The number of rotatable bonds is 13. The average molecular weight is 239 g/mol. The van der Waals surface area contributed by atoms with Crippen molar-refractivity contribution in [2.45, 2.75) is 57.8 Å². The van der Waals surface area contributed by atoms with Crippen LogP contribution in [0, 0.1) is 0 Å². The molecule has 0 saturated carbocycles. The highest BCUT2D eigenvalue weighted by molar-refractivity contribution is 5.48. The van der Waals surface area contributed by atoms with E-state index in [1.165, 1.54) is 51.6 Å². The number of allylic oxidation sites excluding steroid dienone is 1. The quantitative estimate of drug-likeness (QED) is 0.277. The van der Waals surface area contributed by atoms with Crippen molar-refractivity contribution in [1.82, 2.24) is 4.90 Å². The molecule has 0 bridgehead atoms. The zero-order valence-electron chi connectivity index (χ0n) is 11.5. The fraction of sp³-hybridized carbons (Fsp3) is 0.800. The van der Waals surface area contributed by atoms with Crippen LogP contribution < -0.4 is 0 Å². The molecule has 0 radical (unpaired) electrons. The summed E-state index contributed by atoms with van der Waals surface area (Å²) in [7, 11) is 2.20. The Morgan fingerprint density at radius 1 is 0.882 bits per heavy atom. The maximum atomic E-state index is 10.1. The van der Waals surface area contributed by atoms with Gasteiger partial charge in [0.15, 0.2) is 0 Å². The lowest BCUT2D eigenvalue weighted by Gasteiger charge is -2.15. The Hall–Kier alpha value is -0.630. The van der Waals surface area contributed by atoms with Crippen LogP contribution in [0.25, 0.3) is 0 Å². The molecule has 0 spiro atoms. The second-order valence-electron chi connectivity index (χ2n) is 4.81. The molecular weight excluding hydrogens is 210 g/mol. The minimum Gasteiger partial charge on any atom is -0.306 e. The van der Waals surface area contributed by atoms with Crippen molar-refractivity contribution < 1.29 is 4.79 Å². The highest BCUT2D eigenvalue weighted by atomic mass is 16.1. The number of nitrogens with zero attached hydrogens (tertiary/aromatic N) is 1. The maximum absolute atomic E-state index is 10.1. The van der Waals surface area contributed by atoms with Gasteiger partial charge in [0, 0.05) is 6.42 Å². The van der Waals surface area contributed by atoms with Gasteiger partial charge in [-0.2, -0.15) is 0 Å². The third-order valence-corrected chi connectivity index (χ3v) is 3.06. The summed E-state index contributed by atoms with van der Waals surface area (Å²) in [6.07, 6.45) is 13.6. The first-order chi connectivity index (χ1) is 8.31. The van der Waals surface area contributed by atoms with E-state index in [1.54, 1.807) is 0 Å². The van der Waals surface area contributed by atoms with Crippen molar-refractivity contribution >= 4 is 6.29 Å². The van der Waals surface area contributed by atoms with Crippen LogP contribution in [0.1, 0.15) is 57.8 Å². The van der Waals surface area contributed by atoms with E-state index in [4.69, 9.17) is 0 Å². The van der Waals surface area contributed by atoms with Gasteiger partial charge in [0.2, 0.25) is 0 Å². The molecule has 0 aromatic carbocycles. The second kappa shape index (κ2) is 13.4. The van der Waals surface area contributed by atoms with Crippen molar-refractivity contribution in [2.24, 2.45) is 0 Å². The largest absolute Gasteiger partial charge is 0.306 e. The fourth-order valence-corrected chi connectivity index (χ4v) is 1.93. The number of carbonyl (C=O) groups is 1. The molecule has 0 aliphatic rings. The van der Waals surface area contributed by atoms with Gasteiger partial charge in [0.25, 0.3) is 0 Å². The van der Waals surface area contributed by atoms with Crippen LogP contribution in [0.15, 0.2) is 12.7 Å². The molecular formula is C15H29NO.